The number of amides is 1. The molecule has 27 heavy (non-hydrogen) atoms. The largest absolute Gasteiger partial charge is 0.455 e. The van der Waals surface area contributed by atoms with Gasteiger partial charge in [-0.25, -0.2) is 0 Å². The number of nitrogens with one attached hydrogen (secondary N) is 1. The Morgan fingerprint density at radius 2 is 1.78 bits per heavy atom. The highest BCUT2D eigenvalue weighted by atomic mass is 16.5. The van der Waals surface area contributed by atoms with Crippen LogP contribution in [-0.2, 0) is 14.3 Å². The van der Waals surface area contributed by atoms with E-state index in [4.69, 9.17) is 4.74 Å². The smallest absolute Gasteiger partial charge is 0.312 e. The van der Waals surface area contributed by atoms with E-state index in [9.17, 15) is 14.7 Å². The third-order valence-electron chi connectivity index (χ3n) is 6.47. The molecule has 0 radical (unpaired) electrons. The fraction of sp³-hybridized carbons (Fsp3) is 0.619. The monoisotopic (exact) mass is 372 g/mol. The molecule has 4 aliphatic carbocycles. The molecule has 0 saturated heterocycles. The van der Waals surface area contributed by atoms with Crippen molar-refractivity contribution in [1.82, 2.24) is 0 Å². The Hall–Kier alpha value is -2.08. The maximum absolute atomic E-state index is 12.8. The van der Waals surface area contributed by atoms with Gasteiger partial charge in [0.1, 0.15) is 0 Å². The Morgan fingerprint density at radius 3 is 2.33 bits per heavy atom. The van der Waals surface area contributed by atoms with Crippen LogP contribution in [0.4, 0.5) is 11.4 Å². The van der Waals surface area contributed by atoms with E-state index in [0.717, 1.165) is 37.8 Å². The van der Waals surface area contributed by atoms with Crippen LogP contribution >= 0.6 is 0 Å². The molecule has 5 rings (SSSR count). The molecular formula is C21H28N2O4. The lowest BCUT2D eigenvalue weighted by Crippen LogP contribution is -2.58. The summed E-state index contributed by atoms with van der Waals surface area (Å²) in [5, 5.41) is 13.5. The number of aliphatic hydroxyl groups is 1. The standard InChI is InChI=1S/C21H28N2O4/c1-23(2)17-5-3-16(4-6-17)22-18(24)12-27-19(25)20-8-14-7-15(9-20)11-21(26,10-14)13-20/h3-6,14-15,26H,7-13H2,1-2H3,(H,22,24)/t14-,15+,20?,21?. The van der Waals surface area contributed by atoms with E-state index in [-0.39, 0.29) is 18.5 Å². The topological polar surface area (TPSA) is 78.9 Å². The number of ether oxygens (including phenoxy) is 1. The molecule has 4 fully saturated rings. The second-order valence-electron chi connectivity index (χ2n) is 9.03. The van der Waals surface area contributed by atoms with Gasteiger partial charge in [0.15, 0.2) is 6.61 Å². The number of rotatable bonds is 5. The van der Waals surface area contributed by atoms with Crippen LogP contribution in [0.25, 0.3) is 0 Å². The predicted octanol–water partition coefficient (Wildman–Crippen LogP) is 2.57. The van der Waals surface area contributed by atoms with Crippen molar-refractivity contribution in [3.63, 3.8) is 0 Å². The van der Waals surface area contributed by atoms with Gasteiger partial charge in [-0.15, -0.1) is 0 Å². The Morgan fingerprint density at radius 1 is 1.15 bits per heavy atom. The zero-order valence-corrected chi connectivity index (χ0v) is 16.0. The van der Waals surface area contributed by atoms with E-state index >= 15 is 0 Å². The molecule has 146 valence electrons. The zero-order valence-electron chi connectivity index (χ0n) is 16.0. The van der Waals surface area contributed by atoms with Gasteiger partial charge in [-0.05, 0) is 74.6 Å². The highest BCUT2D eigenvalue weighted by molar-refractivity contribution is 5.93. The minimum Gasteiger partial charge on any atom is -0.455 e. The third-order valence-corrected chi connectivity index (χ3v) is 6.47. The van der Waals surface area contributed by atoms with Crippen LogP contribution in [0.3, 0.4) is 0 Å². The van der Waals surface area contributed by atoms with Crippen molar-refractivity contribution in [2.24, 2.45) is 17.3 Å². The molecule has 1 amide bonds. The van der Waals surface area contributed by atoms with E-state index in [1.807, 2.05) is 43.3 Å². The maximum atomic E-state index is 12.8. The number of hydrogen-bond donors (Lipinski definition) is 2. The highest BCUT2D eigenvalue weighted by Crippen LogP contribution is 2.61. The summed E-state index contributed by atoms with van der Waals surface area (Å²) >= 11 is 0. The summed E-state index contributed by atoms with van der Waals surface area (Å²) in [6.45, 7) is -0.288. The molecule has 2 unspecified atom stereocenters. The summed E-state index contributed by atoms with van der Waals surface area (Å²) in [5.41, 5.74) is 0.413. The van der Waals surface area contributed by atoms with Gasteiger partial charge in [0.25, 0.3) is 5.91 Å². The molecule has 4 saturated carbocycles. The number of carbonyl (C=O) groups is 2. The molecule has 4 aliphatic rings. The Bertz CT molecular complexity index is 729. The lowest BCUT2D eigenvalue weighted by atomic mass is 9.48. The summed E-state index contributed by atoms with van der Waals surface area (Å²) in [6, 6.07) is 7.48. The quantitative estimate of drug-likeness (QED) is 0.777. The first-order valence-corrected chi connectivity index (χ1v) is 9.74. The fourth-order valence-electron chi connectivity index (χ4n) is 5.78. The first-order chi connectivity index (χ1) is 12.8. The summed E-state index contributed by atoms with van der Waals surface area (Å²) in [7, 11) is 3.90. The molecule has 6 heteroatoms. The molecule has 1 aromatic rings. The second kappa shape index (κ2) is 6.51. The van der Waals surface area contributed by atoms with Gasteiger partial charge in [-0.1, -0.05) is 0 Å². The SMILES string of the molecule is CN(C)c1ccc(NC(=O)COC(=O)C23C[C@@H]4C[C@@H](CC(O)(C4)C2)C3)cc1. The molecule has 0 heterocycles. The number of anilines is 2. The van der Waals surface area contributed by atoms with E-state index in [2.05, 4.69) is 5.32 Å². The van der Waals surface area contributed by atoms with E-state index in [0.29, 0.717) is 23.9 Å². The van der Waals surface area contributed by atoms with Gasteiger partial charge in [-0.3, -0.25) is 9.59 Å². The van der Waals surface area contributed by atoms with Gasteiger partial charge in [-0.2, -0.15) is 0 Å². The minimum atomic E-state index is -0.709. The molecule has 0 spiro atoms. The van der Waals surface area contributed by atoms with Crippen molar-refractivity contribution in [2.75, 3.05) is 30.9 Å². The average Bonchev–Trinajstić information content (AvgIpc) is 2.58. The van der Waals surface area contributed by atoms with Crippen molar-refractivity contribution >= 4 is 23.3 Å². The summed E-state index contributed by atoms with van der Waals surface area (Å²) < 4.78 is 5.40. The lowest BCUT2D eigenvalue weighted by molar-refractivity contribution is -0.196. The molecule has 1 aromatic carbocycles. The van der Waals surface area contributed by atoms with Crippen molar-refractivity contribution in [3.8, 4) is 0 Å². The normalized spacial score (nSPS) is 33.6. The van der Waals surface area contributed by atoms with E-state index in [1.165, 1.54) is 0 Å². The fourth-order valence-corrected chi connectivity index (χ4v) is 5.78. The molecule has 0 aliphatic heterocycles. The number of nitrogens with zero attached hydrogens (tertiary/aromatic N) is 1. The second-order valence-corrected chi connectivity index (χ2v) is 9.03. The van der Waals surface area contributed by atoms with Crippen LogP contribution in [0.2, 0.25) is 0 Å². The van der Waals surface area contributed by atoms with Crippen LogP contribution in [-0.4, -0.2) is 43.3 Å². The van der Waals surface area contributed by atoms with Crippen molar-refractivity contribution in [2.45, 2.75) is 44.1 Å². The molecular weight excluding hydrogens is 344 g/mol. The van der Waals surface area contributed by atoms with E-state index < -0.39 is 11.0 Å². The first kappa shape index (κ1) is 18.3. The van der Waals surface area contributed by atoms with Crippen LogP contribution in [0.5, 0.6) is 0 Å². The van der Waals surface area contributed by atoms with Crippen LogP contribution in [0.15, 0.2) is 24.3 Å². The van der Waals surface area contributed by atoms with Gasteiger partial charge >= 0.3 is 5.97 Å². The maximum Gasteiger partial charge on any atom is 0.312 e. The average molecular weight is 372 g/mol. The van der Waals surface area contributed by atoms with Gasteiger partial charge < -0.3 is 20.1 Å². The highest BCUT2D eigenvalue weighted by Gasteiger charge is 2.60. The van der Waals surface area contributed by atoms with Crippen LogP contribution in [0.1, 0.15) is 38.5 Å². The Kier molecular flexibility index (Phi) is 4.41. The molecule has 6 nitrogen and oxygen atoms in total. The Labute approximate surface area is 159 Å². The number of esters is 1. The molecule has 2 N–H and O–H groups in total. The minimum absolute atomic E-state index is 0.288. The van der Waals surface area contributed by atoms with Crippen LogP contribution < -0.4 is 10.2 Å². The van der Waals surface area contributed by atoms with Crippen molar-refractivity contribution in [1.29, 1.82) is 0 Å². The third kappa shape index (κ3) is 3.55. The van der Waals surface area contributed by atoms with Crippen LogP contribution in [0, 0.1) is 17.3 Å². The number of hydrogen-bond acceptors (Lipinski definition) is 5. The number of benzene rings is 1. The Balaban J connectivity index is 1.33. The summed E-state index contributed by atoms with van der Waals surface area (Å²) in [6.07, 6.45) is 4.79. The molecule has 4 bridgehead atoms. The van der Waals surface area contributed by atoms with Gasteiger partial charge in [0.05, 0.1) is 11.0 Å². The van der Waals surface area contributed by atoms with Crippen molar-refractivity contribution < 1.29 is 19.4 Å². The molecule has 4 atom stereocenters. The summed E-state index contributed by atoms with van der Waals surface area (Å²) in [4.78, 5) is 27.0. The molecule has 0 aromatic heterocycles. The van der Waals surface area contributed by atoms with Crippen molar-refractivity contribution in [3.05, 3.63) is 24.3 Å². The predicted molar refractivity (Wildman–Crippen MR) is 102 cm³/mol. The lowest BCUT2D eigenvalue weighted by Gasteiger charge is -2.58. The zero-order chi connectivity index (χ0) is 19.2. The van der Waals surface area contributed by atoms with Gasteiger partial charge in [0.2, 0.25) is 0 Å². The first-order valence-electron chi connectivity index (χ1n) is 9.74. The summed E-state index contributed by atoms with van der Waals surface area (Å²) in [5.74, 6) is 0.165. The van der Waals surface area contributed by atoms with Gasteiger partial charge in [0, 0.05) is 25.5 Å². The number of carbonyl (C=O) groups excluding carboxylic acids is 2. The van der Waals surface area contributed by atoms with E-state index in [1.54, 1.807) is 0 Å².